The summed E-state index contributed by atoms with van der Waals surface area (Å²) in [5.74, 6) is 0.618. The normalized spacial score (nSPS) is 10.6. The maximum atomic E-state index is 13.3. The Morgan fingerprint density at radius 1 is 1.00 bits per heavy atom. The second-order valence-corrected chi connectivity index (χ2v) is 7.84. The van der Waals surface area contributed by atoms with Gasteiger partial charge in [-0.3, -0.25) is 9.48 Å². The van der Waals surface area contributed by atoms with Crippen LogP contribution < -0.4 is 10.1 Å². The van der Waals surface area contributed by atoms with E-state index in [1.807, 2.05) is 42.5 Å². The first-order valence-corrected chi connectivity index (χ1v) is 10.4. The maximum Gasteiger partial charge on any atom is 0.256 e. The summed E-state index contributed by atoms with van der Waals surface area (Å²) in [5.41, 5.74) is 2.18. The van der Waals surface area contributed by atoms with Gasteiger partial charge in [-0.05, 0) is 53.6 Å². The second-order valence-electron chi connectivity index (χ2n) is 6.93. The SMILES string of the molecule is O=C(Nc1ccn(Cc2cccc(F)c2)n1)c1cccc(COc2cccc(Br)c2)c1. The number of aromatic nitrogens is 2. The molecule has 1 heterocycles. The molecule has 3 aromatic carbocycles. The molecule has 0 unspecified atom stereocenters. The topological polar surface area (TPSA) is 56.2 Å². The highest BCUT2D eigenvalue weighted by molar-refractivity contribution is 9.10. The van der Waals surface area contributed by atoms with E-state index in [2.05, 4.69) is 26.3 Å². The highest BCUT2D eigenvalue weighted by Crippen LogP contribution is 2.19. The van der Waals surface area contributed by atoms with Crippen molar-refractivity contribution in [2.75, 3.05) is 5.32 Å². The molecule has 0 spiro atoms. The van der Waals surface area contributed by atoms with Crippen LogP contribution >= 0.6 is 15.9 Å². The number of hydrogen-bond acceptors (Lipinski definition) is 3. The summed E-state index contributed by atoms with van der Waals surface area (Å²) in [6.45, 7) is 0.760. The van der Waals surface area contributed by atoms with E-state index in [1.54, 1.807) is 35.1 Å². The van der Waals surface area contributed by atoms with E-state index in [0.717, 1.165) is 21.3 Å². The smallest absolute Gasteiger partial charge is 0.256 e. The van der Waals surface area contributed by atoms with E-state index < -0.39 is 0 Å². The Morgan fingerprint density at radius 2 is 1.81 bits per heavy atom. The van der Waals surface area contributed by atoms with Gasteiger partial charge in [0.05, 0.1) is 6.54 Å². The predicted molar refractivity (Wildman–Crippen MR) is 121 cm³/mol. The number of nitrogens with one attached hydrogen (secondary N) is 1. The molecule has 5 nitrogen and oxygen atoms in total. The average Bonchev–Trinajstić information content (AvgIpc) is 3.19. The molecule has 1 aromatic heterocycles. The molecule has 156 valence electrons. The van der Waals surface area contributed by atoms with E-state index in [9.17, 15) is 9.18 Å². The van der Waals surface area contributed by atoms with Crippen LogP contribution in [-0.2, 0) is 13.2 Å². The molecular formula is C24H19BrFN3O2. The first-order chi connectivity index (χ1) is 15.0. The van der Waals surface area contributed by atoms with Crippen LogP contribution in [-0.4, -0.2) is 15.7 Å². The monoisotopic (exact) mass is 479 g/mol. The van der Waals surface area contributed by atoms with Crippen LogP contribution in [0.2, 0.25) is 0 Å². The van der Waals surface area contributed by atoms with Crippen molar-refractivity contribution in [2.45, 2.75) is 13.2 Å². The molecule has 0 saturated carbocycles. The van der Waals surface area contributed by atoms with Gasteiger partial charge in [0.2, 0.25) is 0 Å². The minimum absolute atomic E-state index is 0.264. The number of rotatable bonds is 7. The quantitative estimate of drug-likeness (QED) is 0.371. The molecule has 7 heteroatoms. The van der Waals surface area contributed by atoms with Gasteiger partial charge in [0.1, 0.15) is 18.2 Å². The fraction of sp³-hybridized carbons (Fsp3) is 0.0833. The van der Waals surface area contributed by atoms with Gasteiger partial charge in [-0.1, -0.05) is 46.3 Å². The van der Waals surface area contributed by atoms with Crippen LogP contribution in [0.5, 0.6) is 5.75 Å². The van der Waals surface area contributed by atoms with Gasteiger partial charge >= 0.3 is 0 Å². The van der Waals surface area contributed by atoms with Crippen LogP contribution in [0.25, 0.3) is 0 Å². The molecule has 0 radical (unpaired) electrons. The van der Waals surface area contributed by atoms with Crippen LogP contribution in [0.1, 0.15) is 21.5 Å². The summed E-state index contributed by atoms with van der Waals surface area (Å²) in [7, 11) is 0. The van der Waals surface area contributed by atoms with Gasteiger partial charge in [-0.25, -0.2) is 4.39 Å². The number of nitrogens with zero attached hydrogens (tertiary/aromatic N) is 2. The Labute approximate surface area is 187 Å². The van der Waals surface area contributed by atoms with Crippen LogP contribution in [0.3, 0.4) is 0 Å². The Balaban J connectivity index is 1.37. The highest BCUT2D eigenvalue weighted by Gasteiger charge is 2.10. The Bertz CT molecular complexity index is 1210. The first-order valence-electron chi connectivity index (χ1n) is 9.62. The number of benzene rings is 3. The largest absolute Gasteiger partial charge is 0.489 e. The molecule has 1 amide bonds. The lowest BCUT2D eigenvalue weighted by atomic mass is 10.1. The van der Waals surface area contributed by atoms with Crippen molar-refractivity contribution in [3.8, 4) is 5.75 Å². The van der Waals surface area contributed by atoms with Crippen molar-refractivity contribution in [2.24, 2.45) is 0 Å². The number of halogens is 2. The zero-order valence-electron chi connectivity index (χ0n) is 16.5. The Morgan fingerprint density at radius 3 is 2.65 bits per heavy atom. The third-order valence-electron chi connectivity index (χ3n) is 4.51. The standard InChI is InChI=1S/C24H19BrFN3O2/c25-20-7-3-9-22(14-20)31-16-18-5-1-6-19(12-18)24(30)27-23-10-11-29(28-23)15-17-4-2-8-21(26)13-17/h1-14H,15-16H2,(H,27,28,30). The van der Waals surface area contributed by atoms with Gasteiger partial charge in [-0.15, -0.1) is 0 Å². The number of hydrogen-bond donors (Lipinski definition) is 1. The van der Waals surface area contributed by atoms with Crippen molar-refractivity contribution >= 4 is 27.7 Å². The lowest BCUT2D eigenvalue weighted by Crippen LogP contribution is -2.13. The zero-order chi connectivity index (χ0) is 21.6. The van der Waals surface area contributed by atoms with Crippen molar-refractivity contribution in [1.29, 1.82) is 0 Å². The van der Waals surface area contributed by atoms with E-state index >= 15 is 0 Å². The van der Waals surface area contributed by atoms with Crippen molar-refractivity contribution in [3.05, 3.63) is 112 Å². The van der Waals surface area contributed by atoms with Crippen LogP contribution in [0, 0.1) is 5.82 Å². The minimum atomic E-state index is -0.290. The molecule has 0 atom stereocenters. The number of ether oxygens (including phenoxy) is 1. The zero-order valence-corrected chi connectivity index (χ0v) is 18.0. The molecular weight excluding hydrogens is 461 g/mol. The van der Waals surface area contributed by atoms with Crippen LogP contribution in [0.4, 0.5) is 10.2 Å². The van der Waals surface area contributed by atoms with Crippen molar-refractivity contribution < 1.29 is 13.9 Å². The molecule has 4 rings (SSSR count). The van der Waals surface area contributed by atoms with Gasteiger partial charge in [0.15, 0.2) is 5.82 Å². The molecule has 0 aliphatic carbocycles. The van der Waals surface area contributed by atoms with E-state index in [-0.39, 0.29) is 11.7 Å². The summed E-state index contributed by atoms with van der Waals surface area (Å²) < 4.78 is 21.7. The third-order valence-corrected chi connectivity index (χ3v) is 5.00. The summed E-state index contributed by atoms with van der Waals surface area (Å²) in [4.78, 5) is 12.6. The van der Waals surface area contributed by atoms with Gasteiger partial charge in [-0.2, -0.15) is 5.10 Å². The molecule has 0 fully saturated rings. The maximum absolute atomic E-state index is 13.3. The molecule has 0 aliphatic heterocycles. The van der Waals surface area contributed by atoms with E-state index in [0.29, 0.717) is 24.5 Å². The summed E-state index contributed by atoms with van der Waals surface area (Å²) in [5, 5.41) is 7.13. The van der Waals surface area contributed by atoms with Gasteiger partial charge in [0, 0.05) is 22.3 Å². The van der Waals surface area contributed by atoms with Gasteiger partial charge in [0.25, 0.3) is 5.91 Å². The van der Waals surface area contributed by atoms with Gasteiger partial charge < -0.3 is 10.1 Å². The van der Waals surface area contributed by atoms with Crippen molar-refractivity contribution in [3.63, 3.8) is 0 Å². The molecule has 0 aliphatic rings. The van der Waals surface area contributed by atoms with E-state index in [4.69, 9.17) is 4.74 Å². The summed E-state index contributed by atoms with van der Waals surface area (Å²) in [6, 6.07) is 22.9. The van der Waals surface area contributed by atoms with Crippen LogP contribution in [0.15, 0.2) is 89.5 Å². The lowest BCUT2D eigenvalue weighted by molar-refractivity contribution is 0.102. The Hall–Kier alpha value is -3.45. The summed E-state index contributed by atoms with van der Waals surface area (Å²) in [6.07, 6.45) is 1.74. The first kappa shape index (κ1) is 20.8. The molecule has 0 saturated heterocycles. The predicted octanol–water partition coefficient (Wildman–Crippen LogP) is 5.66. The molecule has 31 heavy (non-hydrogen) atoms. The number of anilines is 1. The molecule has 1 N–H and O–H groups in total. The fourth-order valence-corrected chi connectivity index (χ4v) is 3.43. The third kappa shape index (κ3) is 5.79. The highest BCUT2D eigenvalue weighted by atomic mass is 79.9. The second kappa shape index (κ2) is 9.57. The van der Waals surface area contributed by atoms with Crippen molar-refractivity contribution in [1.82, 2.24) is 9.78 Å². The number of carbonyl (C=O) groups excluding carboxylic acids is 1. The molecule has 0 bridgehead atoms. The lowest BCUT2D eigenvalue weighted by Gasteiger charge is -2.08. The number of amides is 1. The van der Waals surface area contributed by atoms with E-state index in [1.165, 1.54) is 12.1 Å². The molecule has 4 aromatic rings. The fourth-order valence-electron chi connectivity index (χ4n) is 3.05. The average molecular weight is 480 g/mol. The number of carbonyl (C=O) groups is 1. The summed E-state index contributed by atoms with van der Waals surface area (Å²) >= 11 is 3.42. The minimum Gasteiger partial charge on any atom is -0.489 e. The Kier molecular flexibility index (Phi) is 6.43.